The van der Waals surface area contributed by atoms with Gasteiger partial charge in [-0.05, 0) is 36.1 Å². The molecule has 0 bridgehead atoms. The van der Waals surface area contributed by atoms with Crippen LogP contribution in [0.3, 0.4) is 0 Å². The first-order chi connectivity index (χ1) is 8.72. The molecule has 18 heavy (non-hydrogen) atoms. The molecule has 2 nitrogen and oxygen atoms in total. The van der Waals surface area contributed by atoms with E-state index >= 15 is 0 Å². The van der Waals surface area contributed by atoms with E-state index in [0.29, 0.717) is 0 Å². The summed E-state index contributed by atoms with van der Waals surface area (Å²) < 4.78 is 10.5. The summed E-state index contributed by atoms with van der Waals surface area (Å²) in [4.78, 5) is 0. The van der Waals surface area contributed by atoms with E-state index in [-0.39, 0.29) is 0 Å². The highest BCUT2D eigenvalue weighted by molar-refractivity contribution is 5.66. The zero-order valence-electron chi connectivity index (χ0n) is 11.8. The van der Waals surface area contributed by atoms with Crippen LogP contribution in [0, 0.1) is 0 Å². The molecule has 0 aliphatic heterocycles. The molecule has 0 aliphatic rings. The second-order valence-electron chi connectivity index (χ2n) is 4.48. The Morgan fingerprint density at radius 1 is 1.06 bits per heavy atom. The van der Waals surface area contributed by atoms with Gasteiger partial charge in [-0.2, -0.15) is 0 Å². The molecule has 0 saturated heterocycles. The predicted molar refractivity (Wildman–Crippen MR) is 77.3 cm³/mol. The van der Waals surface area contributed by atoms with Crippen LogP contribution in [0.1, 0.15) is 44.6 Å². The summed E-state index contributed by atoms with van der Waals surface area (Å²) in [6, 6.07) is 5.98. The van der Waals surface area contributed by atoms with E-state index in [2.05, 4.69) is 13.5 Å². The standard InChI is InChI=1S/C16H24O2/c1-5-6-7-8-9-13(2)14-10-11-15(17-3)16(12-14)18-4/h10-12H,2,5-9H2,1,3-4H3. The molecule has 1 rings (SSSR count). The van der Waals surface area contributed by atoms with Crippen LogP contribution in [0.25, 0.3) is 5.57 Å². The van der Waals surface area contributed by atoms with Crippen LogP contribution in [0.5, 0.6) is 11.5 Å². The summed E-state index contributed by atoms with van der Waals surface area (Å²) in [6.07, 6.45) is 6.11. The molecule has 1 aromatic rings. The van der Waals surface area contributed by atoms with Crippen LogP contribution in [0.15, 0.2) is 24.8 Å². The molecule has 100 valence electrons. The zero-order chi connectivity index (χ0) is 13.4. The van der Waals surface area contributed by atoms with Gasteiger partial charge in [0.05, 0.1) is 14.2 Å². The van der Waals surface area contributed by atoms with Crippen molar-refractivity contribution in [3.05, 3.63) is 30.3 Å². The molecule has 0 aromatic heterocycles. The molecule has 0 amide bonds. The monoisotopic (exact) mass is 248 g/mol. The zero-order valence-corrected chi connectivity index (χ0v) is 11.8. The number of hydrogen-bond acceptors (Lipinski definition) is 2. The van der Waals surface area contributed by atoms with Crippen molar-refractivity contribution < 1.29 is 9.47 Å². The lowest BCUT2D eigenvalue weighted by molar-refractivity contribution is 0.355. The van der Waals surface area contributed by atoms with Crippen molar-refractivity contribution in [2.75, 3.05) is 14.2 Å². The molecule has 0 spiro atoms. The van der Waals surface area contributed by atoms with Gasteiger partial charge in [-0.3, -0.25) is 0 Å². The largest absolute Gasteiger partial charge is 0.493 e. The van der Waals surface area contributed by atoms with E-state index in [1.165, 1.54) is 31.3 Å². The van der Waals surface area contributed by atoms with Gasteiger partial charge in [-0.15, -0.1) is 0 Å². The van der Waals surface area contributed by atoms with Crippen molar-refractivity contribution in [1.82, 2.24) is 0 Å². The first-order valence-corrected chi connectivity index (χ1v) is 6.63. The smallest absolute Gasteiger partial charge is 0.161 e. The Labute approximate surface area is 111 Å². The molecular weight excluding hydrogens is 224 g/mol. The van der Waals surface area contributed by atoms with E-state index in [1.807, 2.05) is 18.2 Å². The van der Waals surface area contributed by atoms with Crippen molar-refractivity contribution in [2.24, 2.45) is 0 Å². The van der Waals surface area contributed by atoms with Crippen LogP contribution in [0.4, 0.5) is 0 Å². The maximum Gasteiger partial charge on any atom is 0.161 e. The van der Waals surface area contributed by atoms with E-state index in [1.54, 1.807) is 14.2 Å². The van der Waals surface area contributed by atoms with Gasteiger partial charge in [-0.1, -0.05) is 38.8 Å². The Hall–Kier alpha value is -1.44. The number of benzene rings is 1. The minimum Gasteiger partial charge on any atom is -0.493 e. The average molecular weight is 248 g/mol. The lowest BCUT2D eigenvalue weighted by Crippen LogP contribution is -1.92. The van der Waals surface area contributed by atoms with Crippen molar-refractivity contribution >= 4 is 5.57 Å². The number of allylic oxidation sites excluding steroid dienone is 1. The first kappa shape index (κ1) is 14.6. The molecule has 2 heteroatoms. The van der Waals surface area contributed by atoms with E-state index in [4.69, 9.17) is 9.47 Å². The number of rotatable bonds is 8. The average Bonchev–Trinajstić information content (AvgIpc) is 2.42. The lowest BCUT2D eigenvalue weighted by atomic mass is 10.0. The summed E-state index contributed by atoms with van der Waals surface area (Å²) in [5.41, 5.74) is 2.32. The SMILES string of the molecule is C=C(CCCCCC)c1ccc(OC)c(OC)c1. The third kappa shape index (κ3) is 4.10. The molecule has 0 atom stereocenters. The van der Waals surface area contributed by atoms with Gasteiger partial charge in [0, 0.05) is 0 Å². The quantitative estimate of drug-likeness (QED) is 0.621. The van der Waals surface area contributed by atoms with Gasteiger partial charge in [0.15, 0.2) is 11.5 Å². The Morgan fingerprint density at radius 3 is 2.39 bits per heavy atom. The molecule has 0 radical (unpaired) electrons. The topological polar surface area (TPSA) is 18.5 Å². The van der Waals surface area contributed by atoms with Gasteiger partial charge in [0.25, 0.3) is 0 Å². The van der Waals surface area contributed by atoms with Gasteiger partial charge >= 0.3 is 0 Å². The van der Waals surface area contributed by atoms with E-state index < -0.39 is 0 Å². The summed E-state index contributed by atoms with van der Waals surface area (Å²) in [7, 11) is 3.31. The minimum absolute atomic E-state index is 0.764. The second-order valence-corrected chi connectivity index (χ2v) is 4.48. The van der Waals surface area contributed by atoms with Gasteiger partial charge in [-0.25, -0.2) is 0 Å². The molecule has 1 aromatic carbocycles. The van der Waals surface area contributed by atoms with Gasteiger partial charge < -0.3 is 9.47 Å². The fourth-order valence-electron chi connectivity index (χ4n) is 1.97. The summed E-state index contributed by atoms with van der Waals surface area (Å²) in [5.74, 6) is 1.53. The fraction of sp³-hybridized carbons (Fsp3) is 0.500. The Bertz CT molecular complexity index is 383. The predicted octanol–water partition coefficient (Wildman–Crippen LogP) is 4.69. The molecular formula is C16H24O2. The highest BCUT2D eigenvalue weighted by Gasteiger charge is 2.06. The van der Waals surface area contributed by atoms with Crippen molar-refractivity contribution in [3.63, 3.8) is 0 Å². The number of unbranched alkanes of at least 4 members (excludes halogenated alkanes) is 3. The fourth-order valence-corrected chi connectivity index (χ4v) is 1.97. The molecule has 0 fully saturated rings. The van der Waals surface area contributed by atoms with Gasteiger partial charge in [0.2, 0.25) is 0 Å². The Balaban J connectivity index is 2.62. The summed E-state index contributed by atoms with van der Waals surface area (Å²) in [5, 5.41) is 0. The maximum absolute atomic E-state index is 5.30. The van der Waals surface area contributed by atoms with Crippen LogP contribution in [0.2, 0.25) is 0 Å². The molecule has 0 N–H and O–H groups in total. The lowest BCUT2D eigenvalue weighted by Gasteiger charge is -2.11. The third-order valence-electron chi connectivity index (χ3n) is 3.12. The highest BCUT2D eigenvalue weighted by Crippen LogP contribution is 2.31. The van der Waals surface area contributed by atoms with Crippen LogP contribution in [-0.4, -0.2) is 14.2 Å². The van der Waals surface area contributed by atoms with Crippen LogP contribution >= 0.6 is 0 Å². The first-order valence-electron chi connectivity index (χ1n) is 6.63. The Kier molecular flexibility index (Phi) is 6.34. The van der Waals surface area contributed by atoms with Crippen molar-refractivity contribution in [2.45, 2.75) is 39.0 Å². The Morgan fingerprint density at radius 2 is 1.78 bits per heavy atom. The van der Waals surface area contributed by atoms with Crippen LogP contribution in [-0.2, 0) is 0 Å². The molecule has 0 unspecified atom stereocenters. The highest BCUT2D eigenvalue weighted by atomic mass is 16.5. The normalized spacial score (nSPS) is 10.2. The minimum atomic E-state index is 0.764. The molecule has 0 saturated carbocycles. The summed E-state index contributed by atoms with van der Waals surface area (Å²) in [6.45, 7) is 6.38. The number of methoxy groups -OCH3 is 2. The third-order valence-corrected chi connectivity index (χ3v) is 3.12. The number of ether oxygens (including phenoxy) is 2. The van der Waals surface area contributed by atoms with Crippen LogP contribution < -0.4 is 9.47 Å². The van der Waals surface area contributed by atoms with Gasteiger partial charge in [0.1, 0.15) is 0 Å². The molecule has 0 aliphatic carbocycles. The van der Waals surface area contributed by atoms with E-state index in [9.17, 15) is 0 Å². The maximum atomic E-state index is 5.30. The number of hydrogen-bond donors (Lipinski definition) is 0. The van der Waals surface area contributed by atoms with Crippen molar-refractivity contribution in [3.8, 4) is 11.5 Å². The summed E-state index contributed by atoms with van der Waals surface area (Å²) >= 11 is 0. The van der Waals surface area contributed by atoms with Crippen molar-refractivity contribution in [1.29, 1.82) is 0 Å². The van der Waals surface area contributed by atoms with E-state index in [0.717, 1.165) is 23.5 Å². The second kappa shape index (κ2) is 7.80. The molecule has 0 heterocycles.